The van der Waals surface area contributed by atoms with Gasteiger partial charge in [-0.15, -0.1) is 0 Å². The number of rotatable bonds is 18. The average molecular weight is 1130 g/mol. The van der Waals surface area contributed by atoms with Crippen molar-refractivity contribution in [1.82, 2.24) is 29.5 Å². The molecule has 0 radical (unpaired) electrons. The number of sulfonamides is 1. The molecule has 428 valence electrons. The number of benzene rings is 3. The van der Waals surface area contributed by atoms with E-state index < -0.39 is 42.9 Å². The minimum absolute atomic E-state index is 0.0123. The van der Waals surface area contributed by atoms with Gasteiger partial charge in [0.1, 0.15) is 22.1 Å². The maximum atomic E-state index is 15.0. The molecule has 4 N–H and O–H groups in total. The van der Waals surface area contributed by atoms with Crippen LogP contribution in [0.2, 0.25) is 0 Å². The van der Waals surface area contributed by atoms with Crippen molar-refractivity contribution in [1.29, 1.82) is 0 Å². The number of anilines is 2. The van der Waals surface area contributed by atoms with Gasteiger partial charge in [-0.2, -0.15) is 4.98 Å². The van der Waals surface area contributed by atoms with Gasteiger partial charge in [-0.1, -0.05) is 44.2 Å². The van der Waals surface area contributed by atoms with Crippen molar-refractivity contribution < 1.29 is 46.3 Å². The number of hydrogen-bond donors (Lipinski definition) is 4. The number of amides is 1. The highest BCUT2D eigenvalue weighted by molar-refractivity contribution is 7.90. The third-order valence-electron chi connectivity index (χ3n) is 17.3. The fourth-order valence-corrected chi connectivity index (χ4v) is 13.7. The predicted octanol–water partition coefficient (Wildman–Crippen LogP) is 10.5. The van der Waals surface area contributed by atoms with Crippen molar-refractivity contribution in [2.75, 3.05) is 69.7 Å². The molecule has 4 aliphatic rings. The monoisotopic (exact) mass is 1130 g/mol. The number of nitrogens with one attached hydrogen (secondary N) is 3. The largest absolute Gasteiger partial charge is 0.493 e. The minimum atomic E-state index is -4.76. The standard InChI is InChI=1S/C60H70FN9O10S/c1-6-78-58-53(29-46-48(61)32-64-55(46)65-58)80-52-27-40(12-13-45(52)57(71)66-81(75,76)41-28-50(70(73)74)56(63-31-41)62-30-38-15-19-59(4,72)20-16-38)68-24-21-60(22-25-68)35-69(36-60)49-17-23-67(34-47(49)44-10-8-7-9-42(44)37(2)3)33-39-11-14-51(77-5)54-43(39)18-26-79-54/h7-14,18,26-29,31-32,37-38,47,49,72H,6,15-17,19-25,30,33-36H2,1-5H3,(H,62,63)(H,64,65)(H,66,71). The predicted molar refractivity (Wildman–Crippen MR) is 306 cm³/mol. The van der Waals surface area contributed by atoms with Crippen LogP contribution < -0.4 is 29.1 Å². The van der Waals surface area contributed by atoms with Crippen LogP contribution in [0.3, 0.4) is 0 Å². The summed E-state index contributed by atoms with van der Waals surface area (Å²) in [5, 5.41) is 26.8. The Balaban J connectivity index is 0.811. The SMILES string of the molecule is CCOc1nc2[nH]cc(F)c2cc1Oc1cc(N2CCC3(CC2)CN(C2CCN(Cc4ccc(OC)c5occc45)CC2c2ccccc2C(C)C)C3)ccc1C(=O)NS(=O)(=O)c1cnc(NCC2CCC(C)(O)CC2)c([N+](=O)[O-])c1. The van der Waals surface area contributed by atoms with E-state index in [-0.39, 0.29) is 57.7 Å². The maximum absolute atomic E-state index is 15.0. The van der Waals surface area contributed by atoms with Gasteiger partial charge < -0.3 is 38.9 Å². The molecular weight excluding hydrogens is 1060 g/mol. The molecule has 2 atom stereocenters. The molecule has 4 fully saturated rings. The van der Waals surface area contributed by atoms with Crippen LogP contribution in [0.5, 0.6) is 23.1 Å². The van der Waals surface area contributed by atoms with E-state index in [0.29, 0.717) is 63.2 Å². The molecule has 1 aliphatic carbocycles. The summed E-state index contributed by atoms with van der Waals surface area (Å²) in [6.45, 7) is 14.7. The van der Waals surface area contributed by atoms with E-state index in [9.17, 15) is 28.4 Å². The second-order valence-electron chi connectivity index (χ2n) is 23.1. The second-order valence-corrected chi connectivity index (χ2v) is 24.7. The van der Waals surface area contributed by atoms with Crippen LogP contribution in [-0.4, -0.2) is 120 Å². The van der Waals surface area contributed by atoms with Crippen LogP contribution in [0.4, 0.5) is 21.6 Å². The lowest BCUT2D eigenvalue weighted by molar-refractivity contribution is -0.384. The van der Waals surface area contributed by atoms with Gasteiger partial charge in [0.2, 0.25) is 5.82 Å². The zero-order chi connectivity index (χ0) is 56.8. The fraction of sp³-hybridized carbons (Fsp3) is 0.450. The van der Waals surface area contributed by atoms with E-state index in [2.05, 4.69) is 83.9 Å². The number of ether oxygens (including phenoxy) is 3. The molecule has 0 bridgehead atoms. The zero-order valence-corrected chi connectivity index (χ0v) is 47.2. The van der Waals surface area contributed by atoms with E-state index in [1.165, 1.54) is 28.8 Å². The highest BCUT2D eigenvalue weighted by atomic mass is 32.2. The Bertz CT molecular complexity index is 3580. The number of carbonyl (C=O) groups is 1. The minimum Gasteiger partial charge on any atom is -0.493 e. The lowest BCUT2D eigenvalue weighted by Crippen LogP contribution is -2.65. The summed E-state index contributed by atoms with van der Waals surface area (Å²) in [6.07, 6.45) is 9.32. The van der Waals surface area contributed by atoms with Gasteiger partial charge in [0.05, 0.1) is 47.7 Å². The van der Waals surface area contributed by atoms with Crippen LogP contribution in [-0.2, 0) is 16.6 Å². The first-order valence-corrected chi connectivity index (χ1v) is 29.5. The molecule has 19 nitrogen and oxygen atoms in total. The van der Waals surface area contributed by atoms with Gasteiger partial charge in [-0.05, 0) is 117 Å². The molecule has 3 aromatic carbocycles. The molecule has 1 saturated carbocycles. The summed E-state index contributed by atoms with van der Waals surface area (Å²) in [5.41, 5.74) is 4.32. The smallest absolute Gasteiger partial charge is 0.312 e. The molecule has 2 unspecified atom stereocenters. The molecule has 3 aliphatic heterocycles. The molecule has 81 heavy (non-hydrogen) atoms. The summed E-state index contributed by atoms with van der Waals surface area (Å²) in [7, 11) is -3.09. The number of H-pyrrole nitrogens is 1. The topological polar surface area (TPSA) is 231 Å². The first kappa shape index (κ1) is 55.6. The van der Waals surface area contributed by atoms with Crippen LogP contribution in [0.1, 0.15) is 112 Å². The van der Waals surface area contributed by atoms with Crippen LogP contribution >= 0.6 is 0 Å². The first-order valence-electron chi connectivity index (χ1n) is 28.0. The molecule has 21 heteroatoms. The van der Waals surface area contributed by atoms with Gasteiger partial charge in [-0.25, -0.2) is 22.5 Å². The molecule has 7 aromatic rings. The lowest BCUT2D eigenvalue weighted by atomic mass is 9.69. The van der Waals surface area contributed by atoms with E-state index in [1.807, 2.05) is 12.1 Å². The Kier molecular flexibility index (Phi) is 15.5. The number of likely N-dealkylation sites (tertiary alicyclic amines) is 2. The summed E-state index contributed by atoms with van der Waals surface area (Å²) in [4.78, 5) is 44.1. The van der Waals surface area contributed by atoms with Gasteiger partial charge in [0.25, 0.3) is 21.8 Å². The number of nitrogens with zero attached hydrogens (tertiary/aromatic N) is 6. The van der Waals surface area contributed by atoms with Crippen LogP contribution in [0, 0.1) is 27.3 Å². The highest BCUT2D eigenvalue weighted by Gasteiger charge is 2.50. The summed E-state index contributed by atoms with van der Waals surface area (Å²) >= 11 is 0. The van der Waals surface area contributed by atoms with Crippen LogP contribution in [0.25, 0.3) is 22.0 Å². The highest BCUT2D eigenvalue weighted by Crippen LogP contribution is 2.48. The summed E-state index contributed by atoms with van der Waals surface area (Å²) in [6, 6.07) is 22.6. The summed E-state index contributed by atoms with van der Waals surface area (Å²) in [5.74, 6) is -0.303. The number of furan rings is 1. The Morgan fingerprint density at radius 3 is 2.51 bits per heavy atom. The number of aromatic nitrogens is 3. The van der Waals surface area contributed by atoms with Crippen molar-refractivity contribution >= 4 is 55.1 Å². The lowest BCUT2D eigenvalue weighted by Gasteiger charge is -2.59. The van der Waals surface area contributed by atoms with E-state index in [1.54, 1.807) is 39.4 Å². The van der Waals surface area contributed by atoms with E-state index in [0.717, 1.165) is 92.9 Å². The number of aromatic amines is 1. The van der Waals surface area contributed by atoms with Gasteiger partial charge in [0.15, 0.2) is 17.1 Å². The zero-order valence-electron chi connectivity index (χ0n) is 46.4. The number of aliphatic hydroxyl groups is 1. The molecular formula is C60H70FN9O10S. The average Bonchev–Trinajstić information content (AvgIpc) is 4.15. The number of fused-ring (bicyclic) bond motifs is 2. The number of nitro groups is 1. The Hall–Kier alpha value is -7.33. The molecule has 3 saturated heterocycles. The Morgan fingerprint density at radius 2 is 1.77 bits per heavy atom. The van der Waals surface area contributed by atoms with E-state index in [4.69, 9.17) is 18.6 Å². The van der Waals surface area contributed by atoms with E-state index >= 15 is 4.39 Å². The van der Waals surface area contributed by atoms with Crippen molar-refractivity contribution in [2.45, 2.75) is 108 Å². The number of piperidine rings is 2. The number of carbonyl (C=O) groups excluding carboxylic acids is 1. The first-order chi connectivity index (χ1) is 38.9. The molecule has 4 aromatic heterocycles. The number of halogens is 1. The quantitative estimate of drug-likeness (QED) is 0.0462. The molecule has 1 amide bonds. The molecule has 1 spiro atoms. The third-order valence-corrected chi connectivity index (χ3v) is 18.6. The van der Waals surface area contributed by atoms with Gasteiger partial charge in [-0.3, -0.25) is 24.7 Å². The second kappa shape index (κ2) is 22.5. The van der Waals surface area contributed by atoms with Crippen molar-refractivity contribution in [3.8, 4) is 23.1 Å². The Morgan fingerprint density at radius 1 is 0.988 bits per heavy atom. The summed E-state index contributed by atoms with van der Waals surface area (Å²) < 4.78 is 68.7. The third kappa shape index (κ3) is 11.5. The normalized spacial score (nSPS) is 21.5. The molecule has 11 rings (SSSR count). The maximum Gasteiger partial charge on any atom is 0.312 e. The van der Waals surface area contributed by atoms with Gasteiger partial charge >= 0.3 is 5.69 Å². The molecule has 7 heterocycles. The van der Waals surface area contributed by atoms with Crippen molar-refractivity contribution in [3.63, 3.8) is 0 Å². The number of pyridine rings is 2. The number of hydrogen-bond acceptors (Lipinski definition) is 16. The van der Waals surface area contributed by atoms with Crippen molar-refractivity contribution in [2.24, 2.45) is 11.3 Å². The van der Waals surface area contributed by atoms with Crippen LogP contribution in [0.15, 0.2) is 101 Å². The fourth-order valence-electron chi connectivity index (χ4n) is 12.7. The number of methoxy groups -OCH3 is 1. The van der Waals surface area contributed by atoms with Crippen molar-refractivity contribution in [3.05, 3.63) is 130 Å². The van der Waals surface area contributed by atoms with Gasteiger partial charge in [0, 0.05) is 99.8 Å². The Labute approximate surface area is 470 Å².